The van der Waals surface area contributed by atoms with Crippen LogP contribution < -0.4 is 21.3 Å². The first-order chi connectivity index (χ1) is 20.0. The molecule has 1 aliphatic carbocycles. The Morgan fingerprint density at radius 1 is 0.837 bits per heavy atom. The number of carboxylic acid groups (broad SMARTS) is 1. The van der Waals surface area contributed by atoms with Crippen LogP contribution >= 0.6 is 0 Å². The van der Waals surface area contributed by atoms with Crippen LogP contribution in [0.4, 0.5) is 9.59 Å². The lowest BCUT2D eigenvalue weighted by Crippen LogP contribution is -2.59. The average molecular weight is 604 g/mol. The Bertz CT molecular complexity index is 1140. The highest BCUT2D eigenvalue weighted by atomic mass is 16.6. The van der Waals surface area contributed by atoms with E-state index in [2.05, 4.69) is 26.3 Å². The Kier molecular flexibility index (Phi) is 12.5. The number of ether oxygens (including phenoxy) is 2. The first-order valence-corrected chi connectivity index (χ1v) is 14.4. The maximum absolute atomic E-state index is 13.4. The summed E-state index contributed by atoms with van der Waals surface area (Å²) in [5, 5.41) is 19.5. The second-order valence-electron chi connectivity index (χ2n) is 12.4. The molecule has 0 radical (unpaired) electrons. The van der Waals surface area contributed by atoms with Crippen molar-refractivity contribution in [1.29, 1.82) is 0 Å². The molecule has 0 saturated carbocycles. The van der Waals surface area contributed by atoms with E-state index < -0.39 is 34.9 Å². The number of unbranched alkanes of at least 4 members (excludes halogenated alkanes) is 1. The molecule has 5 N–H and O–H groups in total. The number of benzene rings is 1. The molecule has 0 fully saturated rings. The predicted octanol–water partition coefficient (Wildman–Crippen LogP) is 3.20. The maximum atomic E-state index is 13.4. The zero-order valence-corrected chi connectivity index (χ0v) is 25.9. The third-order valence-electron chi connectivity index (χ3n) is 6.09. The summed E-state index contributed by atoms with van der Waals surface area (Å²) in [7, 11) is 0. The molecule has 13 nitrogen and oxygen atoms in total. The minimum Gasteiger partial charge on any atom is -0.481 e. The molecule has 238 valence electrons. The standard InChI is InChI=1S/C30H45N5O8/c1-28(2,3)42-26(40)33-25(34-27(41)43-29(4,5)6)32-17-10-9-16-31-24(39)30(35-22(36)14-11-15-23(37)38)18-20-12-7-8-13-21(20)19-30/h7-8,12-13H,9-11,14-19H2,1-6H3,(H,31,39)(H,35,36)(H,37,38)(H2,32,33,34,40,41). The number of guanidine groups is 1. The fourth-order valence-electron chi connectivity index (χ4n) is 4.36. The summed E-state index contributed by atoms with van der Waals surface area (Å²) in [5.41, 5.74) is -0.727. The van der Waals surface area contributed by atoms with Crippen molar-refractivity contribution in [3.63, 3.8) is 0 Å². The summed E-state index contributed by atoms with van der Waals surface area (Å²) >= 11 is 0. The van der Waals surface area contributed by atoms with Gasteiger partial charge in [0.2, 0.25) is 17.8 Å². The van der Waals surface area contributed by atoms with Crippen molar-refractivity contribution in [1.82, 2.24) is 21.3 Å². The summed E-state index contributed by atoms with van der Waals surface area (Å²) in [6, 6.07) is 7.61. The SMILES string of the molecule is CC(C)(C)OC(=O)NC(=NCCCCNC(=O)C1(NC(=O)CCCC(=O)O)Cc2ccccc2C1)NC(=O)OC(C)(C)C. The lowest BCUT2D eigenvalue weighted by Gasteiger charge is -2.29. The van der Waals surface area contributed by atoms with Gasteiger partial charge in [-0.1, -0.05) is 24.3 Å². The molecular weight excluding hydrogens is 558 g/mol. The van der Waals surface area contributed by atoms with Gasteiger partial charge in [-0.15, -0.1) is 0 Å². The molecule has 0 unspecified atom stereocenters. The van der Waals surface area contributed by atoms with Crippen molar-refractivity contribution in [2.45, 2.75) is 103 Å². The fraction of sp³-hybridized carbons (Fsp3) is 0.600. The van der Waals surface area contributed by atoms with Crippen LogP contribution in [0.3, 0.4) is 0 Å². The second-order valence-corrected chi connectivity index (χ2v) is 12.4. The van der Waals surface area contributed by atoms with Gasteiger partial charge in [0.25, 0.3) is 0 Å². The number of hydrogen-bond acceptors (Lipinski definition) is 8. The Balaban J connectivity index is 1.96. The smallest absolute Gasteiger partial charge is 0.414 e. The number of nitrogens with zero attached hydrogens (tertiary/aromatic N) is 1. The Morgan fingerprint density at radius 2 is 1.37 bits per heavy atom. The van der Waals surface area contributed by atoms with E-state index in [4.69, 9.17) is 14.6 Å². The van der Waals surface area contributed by atoms with E-state index in [1.54, 1.807) is 41.5 Å². The van der Waals surface area contributed by atoms with Crippen LogP contribution in [-0.2, 0) is 36.7 Å². The molecule has 0 heterocycles. The van der Waals surface area contributed by atoms with E-state index in [1.807, 2.05) is 24.3 Å². The van der Waals surface area contributed by atoms with E-state index in [9.17, 15) is 24.0 Å². The molecular formula is C30H45N5O8. The molecule has 0 spiro atoms. The zero-order chi connectivity index (χ0) is 32.3. The van der Waals surface area contributed by atoms with Gasteiger partial charge in [-0.25, -0.2) is 9.59 Å². The van der Waals surface area contributed by atoms with Crippen molar-refractivity contribution in [2.75, 3.05) is 13.1 Å². The van der Waals surface area contributed by atoms with E-state index in [-0.39, 0.29) is 43.6 Å². The van der Waals surface area contributed by atoms with Gasteiger partial charge in [0, 0.05) is 38.8 Å². The Labute approximate surface area is 252 Å². The number of amides is 4. The summed E-state index contributed by atoms with van der Waals surface area (Å²) in [4.78, 5) is 65.6. The van der Waals surface area contributed by atoms with Gasteiger partial charge < -0.3 is 25.2 Å². The maximum Gasteiger partial charge on any atom is 0.414 e. The number of alkyl carbamates (subject to hydrolysis) is 2. The van der Waals surface area contributed by atoms with Crippen molar-refractivity contribution in [3.05, 3.63) is 35.4 Å². The van der Waals surface area contributed by atoms with Crippen LogP contribution in [0.25, 0.3) is 0 Å². The number of carbonyl (C=O) groups is 5. The molecule has 13 heteroatoms. The first kappa shape index (κ1) is 35.0. The van der Waals surface area contributed by atoms with Crippen LogP contribution in [-0.4, -0.2) is 70.9 Å². The van der Waals surface area contributed by atoms with E-state index >= 15 is 0 Å². The minimum atomic E-state index is -1.16. The molecule has 0 aliphatic heterocycles. The molecule has 43 heavy (non-hydrogen) atoms. The summed E-state index contributed by atoms with van der Waals surface area (Å²) in [6.07, 6.45) is 0.177. The summed E-state index contributed by atoms with van der Waals surface area (Å²) in [5.74, 6) is -1.80. The van der Waals surface area contributed by atoms with Crippen LogP contribution in [0, 0.1) is 0 Å². The molecule has 0 saturated heterocycles. The van der Waals surface area contributed by atoms with Crippen LogP contribution in [0.1, 0.15) is 84.8 Å². The van der Waals surface area contributed by atoms with Gasteiger partial charge in [0.15, 0.2) is 0 Å². The summed E-state index contributed by atoms with van der Waals surface area (Å²) < 4.78 is 10.5. The minimum absolute atomic E-state index is 0.00662. The monoisotopic (exact) mass is 603 g/mol. The number of carbonyl (C=O) groups excluding carboxylic acids is 4. The highest BCUT2D eigenvalue weighted by Crippen LogP contribution is 2.30. The van der Waals surface area contributed by atoms with Gasteiger partial charge in [-0.05, 0) is 71.9 Å². The van der Waals surface area contributed by atoms with Crippen molar-refractivity contribution < 1.29 is 38.6 Å². The number of aliphatic carboxylic acids is 1. The highest BCUT2D eigenvalue weighted by Gasteiger charge is 2.44. The predicted molar refractivity (Wildman–Crippen MR) is 159 cm³/mol. The number of rotatable bonds is 11. The zero-order valence-electron chi connectivity index (χ0n) is 25.9. The molecule has 0 atom stereocenters. The highest BCUT2D eigenvalue weighted by molar-refractivity contribution is 6.01. The fourth-order valence-corrected chi connectivity index (χ4v) is 4.36. The van der Waals surface area contributed by atoms with Gasteiger partial charge in [-0.2, -0.15) is 0 Å². The number of carboxylic acids is 1. The largest absolute Gasteiger partial charge is 0.481 e. The first-order valence-electron chi connectivity index (χ1n) is 14.4. The molecule has 1 aromatic rings. The van der Waals surface area contributed by atoms with Crippen LogP contribution in [0.5, 0.6) is 0 Å². The van der Waals surface area contributed by atoms with Crippen molar-refractivity contribution in [3.8, 4) is 0 Å². The van der Waals surface area contributed by atoms with Gasteiger partial charge in [0.1, 0.15) is 16.7 Å². The lowest BCUT2D eigenvalue weighted by molar-refractivity contribution is -0.137. The van der Waals surface area contributed by atoms with E-state index in [0.717, 1.165) is 11.1 Å². The number of hydrogen-bond donors (Lipinski definition) is 5. The van der Waals surface area contributed by atoms with Crippen LogP contribution in [0.15, 0.2) is 29.3 Å². The Hall–Kier alpha value is -4.16. The third-order valence-corrected chi connectivity index (χ3v) is 6.09. The van der Waals surface area contributed by atoms with Gasteiger partial charge in [0.05, 0.1) is 0 Å². The molecule has 1 aliphatic rings. The number of nitrogens with one attached hydrogen (secondary N) is 4. The lowest BCUT2D eigenvalue weighted by atomic mass is 9.93. The molecule has 2 rings (SSSR count). The molecule has 1 aromatic carbocycles. The second kappa shape index (κ2) is 15.4. The van der Waals surface area contributed by atoms with E-state index in [0.29, 0.717) is 32.2 Å². The van der Waals surface area contributed by atoms with Crippen molar-refractivity contribution in [2.24, 2.45) is 4.99 Å². The quantitative estimate of drug-likeness (QED) is 0.145. The summed E-state index contributed by atoms with van der Waals surface area (Å²) in [6.45, 7) is 10.8. The number of fused-ring (bicyclic) bond motifs is 1. The normalized spacial score (nSPS) is 13.6. The molecule has 0 aromatic heterocycles. The number of aliphatic imine (C=N–C) groups is 1. The van der Waals surface area contributed by atoms with Gasteiger partial charge >= 0.3 is 18.2 Å². The Morgan fingerprint density at radius 3 is 1.86 bits per heavy atom. The third kappa shape index (κ3) is 13.1. The van der Waals surface area contributed by atoms with Crippen molar-refractivity contribution >= 4 is 35.9 Å². The molecule has 0 bridgehead atoms. The topological polar surface area (TPSA) is 185 Å². The average Bonchev–Trinajstić information content (AvgIpc) is 3.22. The van der Waals surface area contributed by atoms with E-state index in [1.165, 1.54) is 0 Å². The van der Waals surface area contributed by atoms with Gasteiger partial charge in [-0.3, -0.25) is 30.0 Å². The molecule has 4 amide bonds. The van der Waals surface area contributed by atoms with Crippen LogP contribution in [0.2, 0.25) is 0 Å².